The summed E-state index contributed by atoms with van der Waals surface area (Å²) < 4.78 is 25.1. The van der Waals surface area contributed by atoms with Crippen LogP contribution in [0.25, 0.3) is 0 Å². The van der Waals surface area contributed by atoms with Gasteiger partial charge in [0.25, 0.3) is 5.91 Å². The Morgan fingerprint density at radius 3 is 2.77 bits per heavy atom. The molecule has 0 saturated carbocycles. The van der Waals surface area contributed by atoms with Crippen LogP contribution in [0.4, 0.5) is 0 Å². The number of nitrogens with one attached hydrogen (secondary N) is 1. The number of carbonyl (C=O) groups is 1. The van der Waals surface area contributed by atoms with Crippen LogP contribution in [-0.2, 0) is 9.84 Å². The minimum Gasteiger partial charge on any atom is -0.267 e. The van der Waals surface area contributed by atoms with E-state index in [-0.39, 0.29) is 17.5 Å². The van der Waals surface area contributed by atoms with Gasteiger partial charge in [0, 0.05) is 11.3 Å². The van der Waals surface area contributed by atoms with E-state index in [1.54, 1.807) is 28.9 Å². The Hall–Kier alpha value is -2.19. The average Bonchev–Trinajstić information content (AvgIpc) is 3.08. The quantitative estimate of drug-likeness (QED) is 0.635. The third kappa shape index (κ3) is 3.81. The molecule has 1 aliphatic heterocycles. The van der Waals surface area contributed by atoms with Crippen molar-refractivity contribution >= 4 is 33.6 Å². The minimum absolute atomic E-state index is 0.106. The maximum Gasteiger partial charge on any atom is 0.272 e. The molecule has 3 rings (SSSR count). The fourth-order valence-electron chi connectivity index (χ4n) is 3.05. The minimum atomic E-state index is -2.99. The van der Waals surface area contributed by atoms with Gasteiger partial charge in [-0.15, -0.1) is 0 Å². The van der Waals surface area contributed by atoms with Gasteiger partial charge in [-0.25, -0.2) is 13.8 Å². The molecule has 1 amide bonds. The van der Waals surface area contributed by atoms with E-state index in [9.17, 15) is 13.2 Å². The molecule has 1 aliphatic rings. The molecule has 0 unspecified atom stereocenters. The predicted octanol–water partition coefficient (Wildman–Crippen LogP) is 2.28. The summed E-state index contributed by atoms with van der Waals surface area (Å²) in [5.41, 5.74) is 5.09. The van der Waals surface area contributed by atoms with Crippen LogP contribution in [0.3, 0.4) is 0 Å². The highest BCUT2D eigenvalue weighted by atomic mass is 35.5. The number of aromatic nitrogens is 2. The molecule has 1 aromatic carbocycles. The Labute approximate surface area is 157 Å². The number of halogens is 1. The van der Waals surface area contributed by atoms with Crippen LogP contribution in [-0.4, -0.2) is 41.8 Å². The Balaban J connectivity index is 1.75. The summed E-state index contributed by atoms with van der Waals surface area (Å²) in [6.07, 6.45) is 2.08. The fraction of sp³-hybridized carbons (Fsp3) is 0.353. The second-order valence-corrected chi connectivity index (χ2v) is 8.90. The first-order chi connectivity index (χ1) is 12.3. The maximum atomic E-state index is 12.1. The molecule has 2 heterocycles. The van der Waals surface area contributed by atoms with Gasteiger partial charge >= 0.3 is 0 Å². The van der Waals surface area contributed by atoms with E-state index in [2.05, 4.69) is 15.6 Å². The topological polar surface area (TPSA) is 93.4 Å². The third-order valence-corrected chi connectivity index (χ3v) is 6.49. The van der Waals surface area contributed by atoms with Crippen molar-refractivity contribution in [3.05, 3.63) is 51.8 Å². The molecule has 26 heavy (non-hydrogen) atoms. The molecule has 1 atom stereocenters. The zero-order chi connectivity index (χ0) is 18.9. The van der Waals surface area contributed by atoms with Crippen LogP contribution in [0.5, 0.6) is 0 Å². The predicted molar refractivity (Wildman–Crippen MR) is 101 cm³/mol. The average molecular weight is 395 g/mol. The molecule has 1 fully saturated rings. The summed E-state index contributed by atoms with van der Waals surface area (Å²) in [4.78, 5) is 12.1. The highest BCUT2D eigenvalue weighted by molar-refractivity contribution is 7.91. The van der Waals surface area contributed by atoms with Crippen molar-refractivity contribution < 1.29 is 13.2 Å². The smallest absolute Gasteiger partial charge is 0.267 e. The number of nitrogens with zero attached hydrogens (tertiary/aromatic N) is 3. The summed E-state index contributed by atoms with van der Waals surface area (Å²) in [5.74, 6) is -0.112. The van der Waals surface area contributed by atoms with Crippen LogP contribution in [0, 0.1) is 13.8 Å². The third-order valence-electron chi connectivity index (χ3n) is 4.41. The molecule has 1 N–H and O–H groups in total. The van der Waals surface area contributed by atoms with E-state index >= 15 is 0 Å². The molecule has 1 aromatic heterocycles. The first kappa shape index (κ1) is 18.6. The van der Waals surface area contributed by atoms with Crippen LogP contribution >= 0.6 is 11.6 Å². The second-order valence-electron chi connectivity index (χ2n) is 6.26. The van der Waals surface area contributed by atoms with Crippen LogP contribution in [0.15, 0.2) is 29.4 Å². The van der Waals surface area contributed by atoms with Gasteiger partial charge in [0.2, 0.25) is 0 Å². The molecule has 0 spiro atoms. The van der Waals surface area contributed by atoms with Crippen molar-refractivity contribution in [1.29, 1.82) is 0 Å². The van der Waals surface area contributed by atoms with Gasteiger partial charge in [-0.3, -0.25) is 9.48 Å². The van der Waals surface area contributed by atoms with E-state index in [4.69, 9.17) is 11.6 Å². The largest absolute Gasteiger partial charge is 0.272 e. The van der Waals surface area contributed by atoms with Gasteiger partial charge in [0.05, 0.1) is 40.0 Å². The molecule has 9 heteroatoms. The molecular weight excluding hydrogens is 376 g/mol. The van der Waals surface area contributed by atoms with Crippen molar-refractivity contribution in [1.82, 2.24) is 15.2 Å². The SMILES string of the molecule is Cc1nn([C@@H]2CCS(=O)(=O)C2)c(C)c1/C=N\NC(=O)c1ccccc1Cl. The number of hydrogen-bond acceptors (Lipinski definition) is 5. The molecular formula is C17H19ClN4O3S. The highest BCUT2D eigenvalue weighted by Crippen LogP contribution is 2.26. The van der Waals surface area contributed by atoms with Gasteiger partial charge in [0.15, 0.2) is 9.84 Å². The van der Waals surface area contributed by atoms with Gasteiger partial charge < -0.3 is 0 Å². The van der Waals surface area contributed by atoms with Gasteiger partial charge in [-0.2, -0.15) is 10.2 Å². The first-order valence-corrected chi connectivity index (χ1v) is 10.3. The van der Waals surface area contributed by atoms with Crippen molar-refractivity contribution in [2.24, 2.45) is 5.10 Å². The summed E-state index contributed by atoms with van der Waals surface area (Å²) in [6, 6.07) is 6.56. The number of carbonyl (C=O) groups excluding carboxylic acids is 1. The van der Waals surface area contributed by atoms with Crippen LogP contribution < -0.4 is 5.43 Å². The van der Waals surface area contributed by atoms with Crippen molar-refractivity contribution in [2.45, 2.75) is 26.3 Å². The lowest BCUT2D eigenvalue weighted by atomic mass is 10.2. The van der Waals surface area contributed by atoms with Gasteiger partial charge in [-0.1, -0.05) is 23.7 Å². The normalized spacial score (nSPS) is 19.1. The lowest BCUT2D eigenvalue weighted by molar-refractivity contribution is 0.0955. The number of hydrazone groups is 1. The number of rotatable bonds is 4. The summed E-state index contributed by atoms with van der Waals surface area (Å²) in [6.45, 7) is 3.69. The molecule has 0 aliphatic carbocycles. The summed E-state index contributed by atoms with van der Waals surface area (Å²) in [5, 5.41) is 8.80. The Morgan fingerprint density at radius 1 is 1.38 bits per heavy atom. The first-order valence-electron chi connectivity index (χ1n) is 8.12. The van der Waals surface area contributed by atoms with Crippen molar-refractivity contribution in [3.8, 4) is 0 Å². The number of aryl methyl sites for hydroxylation is 1. The monoisotopic (exact) mass is 394 g/mol. The highest BCUT2D eigenvalue weighted by Gasteiger charge is 2.31. The number of hydrogen-bond donors (Lipinski definition) is 1. The van der Waals surface area contributed by atoms with E-state index in [0.717, 1.165) is 17.0 Å². The fourth-order valence-corrected chi connectivity index (χ4v) is 4.96. The molecule has 0 radical (unpaired) electrons. The molecule has 7 nitrogen and oxygen atoms in total. The maximum absolute atomic E-state index is 12.1. The van der Waals surface area contributed by atoms with E-state index in [1.807, 2.05) is 13.8 Å². The Kier molecular flexibility index (Phi) is 5.15. The zero-order valence-corrected chi connectivity index (χ0v) is 16.0. The van der Waals surface area contributed by atoms with E-state index in [0.29, 0.717) is 17.0 Å². The molecule has 1 saturated heterocycles. The number of benzene rings is 1. The zero-order valence-electron chi connectivity index (χ0n) is 14.4. The van der Waals surface area contributed by atoms with Gasteiger partial charge in [0.1, 0.15) is 0 Å². The molecule has 138 valence electrons. The lowest BCUT2D eigenvalue weighted by Crippen LogP contribution is -2.18. The molecule has 0 bridgehead atoms. The van der Waals surface area contributed by atoms with Crippen molar-refractivity contribution in [3.63, 3.8) is 0 Å². The van der Waals surface area contributed by atoms with Crippen LogP contribution in [0.2, 0.25) is 5.02 Å². The summed E-state index contributed by atoms with van der Waals surface area (Å²) >= 11 is 5.99. The Morgan fingerprint density at radius 2 is 2.12 bits per heavy atom. The van der Waals surface area contributed by atoms with Crippen molar-refractivity contribution in [2.75, 3.05) is 11.5 Å². The van der Waals surface area contributed by atoms with E-state index in [1.165, 1.54) is 6.21 Å². The Bertz CT molecular complexity index is 982. The van der Waals surface area contributed by atoms with Crippen LogP contribution in [0.1, 0.15) is 39.8 Å². The number of amides is 1. The molecule has 2 aromatic rings. The van der Waals surface area contributed by atoms with E-state index < -0.39 is 15.7 Å². The van der Waals surface area contributed by atoms with Gasteiger partial charge in [-0.05, 0) is 32.4 Å². The number of sulfone groups is 1. The second kappa shape index (κ2) is 7.20. The lowest BCUT2D eigenvalue weighted by Gasteiger charge is -2.10. The summed E-state index contributed by atoms with van der Waals surface area (Å²) in [7, 11) is -2.99. The standard InChI is InChI=1S/C17H19ClN4O3S/c1-11-15(9-19-20-17(23)14-5-3-4-6-16(14)18)12(2)22(21-11)13-7-8-26(24,25)10-13/h3-6,9,13H,7-8,10H2,1-2H3,(H,20,23)/b19-9-/t13-/m1/s1.